The molecule has 0 amide bonds. The Kier molecular flexibility index (Phi) is 8.52. The molecule has 0 atom stereocenters. The zero-order valence-electron chi connectivity index (χ0n) is 16.2. The molecule has 0 spiro atoms. The molecule has 1 aromatic carbocycles. The third kappa shape index (κ3) is 7.40. The molecular weight excluding hydrogens is 332 g/mol. The first-order valence-corrected chi connectivity index (χ1v) is 12.3. The highest BCUT2D eigenvalue weighted by Gasteiger charge is 2.36. The first kappa shape index (κ1) is 21.2. The number of hydrogen-bond donors (Lipinski definition) is 0. The standard InChI is InChI=1S/C21H33ClOSi/c1-18(17-23-24(5,6)21(2,3)4)15-20(13-10-14-22)16-19-11-8-7-9-12-19/h7-9,11-12H,10,13-14,16-17H2,1-6H3. The van der Waals surface area contributed by atoms with Crippen molar-refractivity contribution >= 4 is 19.9 Å². The molecule has 0 saturated heterocycles. The number of rotatable bonds is 8. The van der Waals surface area contributed by atoms with E-state index in [2.05, 4.69) is 76.9 Å². The minimum atomic E-state index is -1.71. The van der Waals surface area contributed by atoms with Crippen LogP contribution in [0, 0.1) is 0 Å². The van der Waals surface area contributed by atoms with Crippen molar-refractivity contribution in [3.05, 3.63) is 52.8 Å². The molecule has 0 unspecified atom stereocenters. The Labute approximate surface area is 154 Å². The molecule has 24 heavy (non-hydrogen) atoms. The van der Waals surface area contributed by atoms with Gasteiger partial charge in [-0.25, -0.2) is 0 Å². The molecule has 3 heteroatoms. The smallest absolute Gasteiger partial charge is 0.192 e. The monoisotopic (exact) mass is 364 g/mol. The predicted molar refractivity (Wildman–Crippen MR) is 109 cm³/mol. The van der Waals surface area contributed by atoms with Crippen molar-refractivity contribution in [2.75, 3.05) is 12.5 Å². The molecule has 1 rings (SSSR count). The number of halogens is 1. The Morgan fingerprint density at radius 3 is 2.33 bits per heavy atom. The average molecular weight is 365 g/mol. The summed E-state index contributed by atoms with van der Waals surface area (Å²) in [5.41, 5.74) is 7.42. The van der Waals surface area contributed by atoms with E-state index in [1.807, 2.05) is 0 Å². The second-order valence-corrected chi connectivity index (χ2v) is 13.2. The lowest BCUT2D eigenvalue weighted by Gasteiger charge is -2.36. The largest absolute Gasteiger partial charge is 0.412 e. The number of alkyl halides is 1. The van der Waals surface area contributed by atoms with E-state index in [1.54, 1.807) is 0 Å². The van der Waals surface area contributed by atoms with Crippen molar-refractivity contribution < 1.29 is 4.43 Å². The normalized spacial score (nSPS) is 12.0. The van der Waals surface area contributed by atoms with Crippen LogP contribution >= 0.6 is 11.6 Å². The van der Waals surface area contributed by atoms with Crippen molar-refractivity contribution in [1.29, 1.82) is 0 Å². The fraction of sp³-hybridized carbons (Fsp3) is 0.571. The fourth-order valence-electron chi connectivity index (χ4n) is 2.16. The first-order valence-electron chi connectivity index (χ1n) is 8.83. The molecule has 0 radical (unpaired) electrons. The third-order valence-corrected chi connectivity index (χ3v) is 9.46. The summed E-state index contributed by atoms with van der Waals surface area (Å²) in [4.78, 5) is 0. The second kappa shape index (κ2) is 9.63. The van der Waals surface area contributed by atoms with Crippen LogP contribution in [-0.2, 0) is 10.8 Å². The summed E-state index contributed by atoms with van der Waals surface area (Å²) in [5, 5.41) is 0.239. The Hall–Kier alpha value is -0.793. The zero-order valence-corrected chi connectivity index (χ0v) is 18.0. The van der Waals surface area contributed by atoms with Crippen molar-refractivity contribution in [3.63, 3.8) is 0 Å². The van der Waals surface area contributed by atoms with E-state index < -0.39 is 8.32 Å². The molecule has 0 aliphatic carbocycles. The van der Waals surface area contributed by atoms with Crippen LogP contribution in [0.15, 0.2) is 47.2 Å². The van der Waals surface area contributed by atoms with Gasteiger partial charge in [-0.15, -0.1) is 17.3 Å². The van der Waals surface area contributed by atoms with E-state index in [9.17, 15) is 0 Å². The van der Waals surface area contributed by atoms with Gasteiger partial charge in [-0.1, -0.05) is 51.1 Å². The number of benzene rings is 1. The molecule has 1 aromatic rings. The maximum absolute atomic E-state index is 6.31. The highest BCUT2D eigenvalue weighted by atomic mass is 35.5. The minimum absolute atomic E-state index is 0.239. The van der Waals surface area contributed by atoms with Crippen LogP contribution in [0.4, 0.5) is 0 Å². The van der Waals surface area contributed by atoms with Gasteiger partial charge in [0.2, 0.25) is 0 Å². The maximum atomic E-state index is 6.31. The van der Waals surface area contributed by atoms with Gasteiger partial charge in [-0.2, -0.15) is 0 Å². The summed E-state index contributed by atoms with van der Waals surface area (Å²) in [6.07, 6.45) is 2.93. The first-order chi connectivity index (χ1) is 11.2. The zero-order chi connectivity index (χ0) is 18.2. The molecule has 0 saturated carbocycles. The predicted octanol–water partition coefficient (Wildman–Crippen LogP) is 6.74. The Morgan fingerprint density at radius 2 is 1.79 bits per heavy atom. The van der Waals surface area contributed by atoms with Crippen molar-refractivity contribution in [2.24, 2.45) is 0 Å². The fourth-order valence-corrected chi connectivity index (χ4v) is 3.30. The van der Waals surface area contributed by atoms with E-state index in [0.717, 1.165) is 19.3 Å². The summed E-state index contributed by atoms with van der Waals surface area (Å²) in [6.45, 7) is 14.2. The van der Waals surface area contributed by atoms with E-state index in [0.29, 0.717) is 12.5 Å². The van der Waals surface area contributed by atoms with E-state index in [1.165, 1.54) is 16.7 Å². The van der Waals surface area contributed by atoms with Gasteiger partial charge in [0.25, 0.3) is 0 Å². The average Bonchev–Trinajstić information content (AvgIpc) is 2.50. The topological polar surface area (TPSA) is 9.23 Å². The van der Waals surface area contributed by atoms with Crippen LogP contribution in [0.1, 0.15) is 46.1 Å². The molecule has 0 N–H and O–H groups in total. The molecule has 0 fully saturated rings. The van der Waals surface area contributed by atoms with Gasteiger partial charge >= 0.3 is 0 Å². The van der Waals surface area contributed by atoms with Gasteiger partial charge in [0.15, 0.2) is 8.32 Å². The van der Waals surface area contributed by atoms with Crippen molar-refractivity contribution in [1.82, 2.24) is 0 Å². The van der Waals surface area contributed by atoms with Gasteiger partial charge < -0.3 is 4.43 Å². The summed E-state index contributed by atoms with van der Waals surface area (Å²) in [7, 11) is -1.71. The highest BCUT2D eigenvalue weighted by molar-refractivity contribution is 6.74. The van der Waals surface area contributed by atoms with Gasteiger partial charge in [-0.05, 0) is 54.6 Å². The minimum Gasteiger partial charge on any atom is -0.412 e. The number of hydrogen-bond acceptors (Lipinski definition) is 1. The van der Waals surface area contributed by atoms with Crippen LogP contribution in [0.3, 0.4) is 0 Å². The quantitative estimate of drug-likeness (QED) is 0.282. The molecule has 134 valence electrons. The Morgan fingerprint density at radius 1 is 1.17 bits per heavy atom. The van der Waals surface area contributed by atoms with Gasteiger partial charge in [0.1, 0.15) is 0 Å². The van der Waals surface area contributed by atoms with E-state index in [4.69, 9.17) is 16.0 Å². The third-order valence-electron chi connectivity index (χ3n) is 4.72. The molecule has 0 aromatic heterocycles. The lowest BCUT2D eigenvalue weighted by molar-refractivity contribution is 0.319. The highest BCUT2D eigenvalue weighted by Crippen LogP contribution is 2.36. The summed E-state index contributed by atoms with van der Waals surface area (Å²) < 4.78 is 6.31. The molecule has 0 aliphatic heterocycles. The Balaban J connectivity index is 2.87. The van der Waals surface area contributed by atoms with Crippen LogP contribution < -0.4 is 0 Å². The summed E-state index contributed by atoms with van der Waals surface area (Å²) in [6, 6.07) is 10.6. The van der Waals surface area contributed by atoms with Crippen molar-refractivity contribution in [3.8, 4) is 0 Å². The van der Waals surface area contributed by atoms with Crippen LogP contribution in [0.25, 0.3) is 0 Å². The van der Waals surface area contributed by atoms with E-state index in [-0.39, 0.29) is 5.04 Å². The van der Waals surface area contributed by atoms with Crippen LogP contribution in [-0.4, -0.2) is 20.8 Å². The lowest BCUT2D eigenvalue weighted by atomic mass is 10.0. The maximum Gasteiger partial charge on any atom is 0.192 e. The van der Waals surface area contributed by atoms with Gasteiger partial charge in [-0.3, -0.25) is 0 Å². The lowest BCUT2D eigenvalue weighted by Crippen LogP contribution is -2.41. The molecule has 1 nitrogen and oxygen atoms in total. The van der Waals surface area contributed by atoms with Gasteiger partial charge in [0, 0.05) is 12.3 Å². The van der Waals surface area contributed by atoms with Crippen LogP contribution in [0.2, 0.25) is 18.1 Å². The van der Waals surface area contributed by atoms with Gasteiger partial charge in [0.05, 0.1) is 6.61 Å². The summed E-state index contributed by atoms with van der Waals surface area (Å²) >= 11 is 5.89. The summed E-state index contributed by atoms with van der Waals surface area (Å²) in [5.74, 6) is 0.694. The second-order valence-electron chi connectivity index (χ2n) is 8.01. The molecule has 0 bridgehead atoms. The van der Waals surface area contributed by atoms with Crippen LogP contribution in [0.5, 0.6) is 0 Å². The Bertz CT molecular complexity index is 563. The molecule has 0 heterocycles. The van der Waals surface area contributed by atoms with E-state index >= 15 is 0 Å². The van der Waals surface area contributed by atoms with Crippen molar-refractivity contribution in [2.45, 2.75) is 65.1 Å². The molecular formula is C21H33ClOSi. The SMILES string of the molecule is CC(=C=C(CCCCl)Cc1ccccc1)CO[Si](C)(C)C(C)(C)C. The molecule has 0 aliphatic rings.